The normalized spacial score (nSPS) is 12.2. The van der Waals surface area contributed by atoms with Gasteiger partial charge in [0.25, 0.3) is 0 Å². The Morgan fingerprint density at radius 2 is 2.10 bits per heavy atom. The number of likely N-dealkylation sites (N-methyl/N-ethyl adjacent to an activating group) is 1. The van der Waals surface area contributed by atoms with Crippen LogP contribution < -0.4 is 10.1 Å². The molecule has 1 aromatic carbocycles. The van der Waals surface area contributed by atoms with E-state index < -0.39 is 0 Å². The van der Waals surface area contributed by atoms with Crippen molar-refractivity contribution in [3.05, 3.63) is 52.4 Å². The monoisotopic (exact) mass is 295 g/mol. The Labute approximate surface area is 121 Å². The highest BCUT2D eigenvalue weighted by Gasteiger charge is 2.15. The van der Waals surface area contributed by atoms with Gasteiger partial charge in [-0.3, -0.25) is 0 Å². The molecule has 0 aliphatic heterocycles. The van der Waals surface area contributed by atoms with Crippen LogP contribution in [0.5, 0.6) is 5.88 Å². The molecule has 0 bridgehead atoms. The third-order valence-electron chi connectivity index (χ3n) is 3.01. The second-order valence-corrected chi connectivity index (χ2v) is 4.69. The molecule has 6 heteroatoms. The number of hydrogen-bond donors (Lipinski definition) is 1. The van der Waals surface area contributed by atoms with E-state index in [9.17, 15) is 4.39 Å². The average molecular weight is 296 g/mol. The van der Waals surface area contributed by atoms with Gasteiger partial charge in [-0.25, -0.2) is 4.39 Å². The fraction of sp³-hybridized carbons (Fsp3) is 0.286. The molecule has 1 N–H and O–H groups in total. The fourth-order valence-electron chi connectivity index (χ4n) is 1.90. The Morgan fingerprint density at radius 3 is 2.70 bits per heavy atom. The van der Waals surface area contributed by atoms with E-state index in [1.807, 2.05) is 13.1 Å². The molecule has 4 nitrogen and oxygen atoms in total. The first-order valence-electron chi connectivity index (χ1n) is 6.13. The number of benzene rings is 1. The first-order valence-corrected chi connectivity index (χ1v) is 6.50. The smallest absolute Gasteiger partial charge is 0.233 e. The molecule has 0 radical (unpaired) electrons. The van der Waals surface area contributed by atoms with E-state index in [4.69, 9.17) is 16.3 Å². The van der Waals surface area contributed by atoms with Crippen molar-refractivity contribution in [1.29, 1.82) is 0 Å². The molecule has 106 valence electrons. The highest BCUT2D eigenvalue weighted by atomic mass is 35.5. The summed E-state index contributed by atoms with van der Waals surface area (Å²) in [4.78, 5) is 0. The highest BCUT2D eigenvalue weighted by Crippen LogP contribution is 2.23. The highest BCUT2D eigenvalue weighted by molar-refractivity contribution is 6.31. The lowest BCUT2D eigenvalue weighted by atomic mass is 10.0. The molecule has 0 aliphatic rings. The maximum atomic E-state index is 13.3. The zero-order valence-corrected chi connectivity index (χ0v) is 12.0. The minimum atomic E-state index is -0.305. The van der Waals surface area contributed by atoms with Crippen LogP contribution in [0.1, 0.15) is 17.3 Å². The van der Waals surface area contributed by atoms with E-state index in [0.29, 0.717) is 17.3 Å². The van der Waals surface area contributed by atoms with Crippen molar-refractivity contribution in [3.8, 4) is 5.88 Å². The lowest BCUT2D eigenvalue weighted by Gasteiger charge is -2.16. The first kappa shape index (κ1) is 14.7. The van der Waals surface area contributed by atoms with Crippen molar-refractivity contribution < 1.29 is 9.13 Å². The van der Waals surface area contributed by atoms with Gasteiger partial charge in [-0.15, -0.1) is 5.10 Å². The molecule has 1 unspecified atom stereocenters. The molecule has 2 rings (SSSR count). The molecule has 0 aliphatic carbocycles. The van der Waals surface area contributed by atoms with E-state index in [2.05, 4.69) is 15.5 Å². The van der Waals surface area contributed by atoms with Gasteiger partial charge < -0.3 is 10.1 Å². The van der Waals surface area contributed by atoms with Crippen LogP contribution in [-0.4, -0.2) is 24.4 Å². The molecule has 1 heterocycles. The second kappa shape index (κ2) is 6.63. The SMILES string of the molecule is CNC(Cc1cc(F)ccc1Cl)c1ccc(OC)nn1. The molecule has 0 spiro atoms. The van der Waals surface area contributed by atoms with Crippen molar-refractivity contribution in [3.63, 3.8) is 0 Å². The Hall–Kier alpha value is -1.72. The maximum absolute atomic E-state index is 13.3. The first-order chi connectivity index (χ1) is 9.63. The van der Waals surface area contributed by atoms with E-state index in [1.54, 1.807) is 12.1 Å². The molecule has 20 heavy (non-hydrogen) atoms. The van der Waals surface area contributed by atoms with Gasteiger partial charge in [-0.05, 0) is 43.3 Å². The molecule has 2 aromatic rings. The number of halogens is 2. The Bertz CT molecular complexity index is 577. The molecule has 0 fully saturated rings. The number of ether oxygens (including phenoxy) is 1. The predicted molar refractivity (Wildman–Crippen MR) is 75.5 cm³/mol. The van der Waals surface area contributed by atoms with Crippen LogP contribution in [0, 0.1) is 5.82 Å². The number of hydrogen-bond acceptors (Lipinski definition) is 4. The third-order valence-corrected chi connectivity index (χ3v) is 3.38. The van der Waals surface area contributed by atoms with Gasteiger partial charge in [-0.1, -0.05) is 11.6 Å². The van der Waals surface area contributed by atoms with Crippen LogP contribution >= 0.6 is 11.6 Å². The number of nitrogens with one attached hydrogen (secondary N) is 1. The maximum Gasteiger partial charge on any atom is 0.233 e. The summed E-state index contributed by atoms with van der Waals surface area (Å²) in [6, 6.07) is 7.78. The summed E-state index contributed by atoms with van der Waals surface area (Å²) in [6.07, 6.45) is 0.522. The minimum Gasteiger partial charge on any atom is -0.480 e. The van der Waals surface area contributed by atoms with E-state index in [-0.39, 0.29) is 11.9 Å². The lowest BCUT2D eigenvalue weighted by molar-refractivity contribution is 0.389. The molecule has 1 aromatic heterocycles. The summed E-state index contributed by atoms with van der Waals surface area (Å²) >= 11 is 6.08. The summed E-state index contributed by atoms with van der Waals surface area (Å²) < 4.78 is 18.3. The van der Waals surface area contributed by atoms with Crippen molar-refractivity contribution in [2.45, 2.75) is 12.5 Å². The van der Waals surface area contributed by atoms with Crippen molar-refractivity contribution >= 4 is 11.6 Å². The molecule has 0 saturated heterocycles. The van der Waals surface area contributed by atoms with E-state index in [0.717, 1.165) is 11.3 Å². The molecular weight excluding hydrogens is 281 g/mol. The van der Waals surface area contributed by atoms with E-state index in [1.165, 1.54) is 19.2 Å². The van der Waals surface area contributed by atoms with Gasteiger partial charge in [0.2, 0.25) is 5.88 Å². The van der Waals surface area contributed by atoms with Crippen molar-refractivity contribution in [2.24, 2.45) is 0 Å². The van der Waals surface area contributed by atoms with Gasteiger partial charge in [0.1, 0.15) is 5.82 Å². The van der Waals surface area contributed by atoms with Gasteiger partial charge in [0.15, 0.2) is 0 Å². The lowest BCUT2D eigenvalue weighted by Crippen LogP contribution is -2.20. The minimum absolute atomic E-state index is 0.104. The summed E-state index contributed by atoms with van der Waals surface area (Å²) in [6.45, 7) is 0. The van der Waals surface area contributed by atoms with Crippen LogP contribution in [0.2, 0.25) is 5.02 Å². The molecule has 1 atom stereocenters. The molecule has 0 saturated carbocycles. The van der Waals surface area contributed by atoms with Gasteiger partial charge in [0.05, 0.1) is 18.8 Å². The predicted octanol–water partition coefficient (Wildman–Crippen LogP) is 2.78. The van der Waals surface area contributed by atoms with E-state index >= 15 is 0 Å². The molecule has 0 amide bonds. The van der Waals surface area contributed by atoms with Gasteiger partial charge in [0, 0.05) is 11.1 Å². The summed E-state index contributed by atoms with van der Waals surface area (Å²) in [7, 11) is 3.34. The van der Waals surface area contributed by atoms with Crippen molar-refractivity contribution in [2.75, 3.05) is 14.2 Å². The number of rotatable bonds is 5. The summed E-state index contributed by atoms with van der Waals surface area (Å²) in [5, 5.41) is 11.7. The quantitative estimate of drug-likeness (QED) is 0.921. The van der Waals surface area contributed by atoms with Crippen molar-refractivity contribution in [1.82, 2.24) is 15.5 Å². The Balaban J connectivity index is 2.21. The largest absolute Gasteiger partial charge is 0.480 e. The Kier molecular flexibility index (Phi) is 4.87. The van der Waals surface area contributed by atoms with Crippen LogP contribution in [-0.2, 0) is 6.42 Å². The number of nitrogens with zero attached hydrogens (tertiary/aromatic N) is 2. The molecular formula is C14H15ClFN3O. The average Bonchev–Trinajstić information content (AvgIpc) is 2.48. The van der Waals surface area contributed by atoms with Crippen LogP contribution in [0.4, 0.5) is 4.39 Å². The van der Waals surface area contributed by atoms with Crippen LogP contribution in [0.15, 0.2) is 30.3 Å². The zero-order valence-electron chi connectivity index (χ0n) is 11.2. The standard InChI is InChI=1S/C14H15ClFN3O/c1-17-13(12-5-6-14(20-2)19-18-12)8-9-7-10(16)3-4-11(9)15/h3-7,13,17H,8H2,1-2H3. The summed E-state index contributed by atoms with van der Waals surface area (Å²) in [5.41, 5.74) is 1.47. The second-order valence-electron chi connectivity index (χ2n) is 4.28. The van der Waals surface area contributed by atoms with Gasteiger partial charge >= 0.3 is 0 Å². The number of methoxy groups -OCH3 is 1. The van der Waals surface area contributed by atoms with Crippen LogP contribution in [0.3, 0.4) is 0 Å². The topological polar surface area (TPSA) is 47.0 Å². The summed E-state index contributed by atoms with van der Waals surface area (Å²) in [5.74, 6) is 0.146. The van der Waals surface area contributed by atoms with Gasteiger partial charge in [-0.2, -0.15) is 5.10 Å². The third kappa shape index (κ3) is 3.43. The zero-order chi connectivity index (χ0) is 14.5. The van der Waals surface area contributed by atoms with Crippen LogP contribution in [0.25, 0.3) is 0 Å². The number of aromatic nitrogens is 2. The Morgan fingerprint density at radius 1 is 1.30 bits per heavy atom. The fourth-order valence-corrected chi connectivity index (χ4v) is 2.09.